The number of ether oxygens (including phenoxy) is 1. The van der Waals surface area contributed by atoms with Crippen LogP contribution in [-0.2, 0) is 9.53 Å². The largest absolute Gasteiger partial charge is 0.383 e. The maximum Gasteiger partial charge on any atom is 0.243 e. The Morgan fingerprint density at radius 2 is 1.72 bits per heavy atom. The zero-order valence-electron chi connectivity index (χ0n) is 21.0. The SMILES string of the molecule is COCCN(C)CCCC1CCN(C(=NCC(=O)N(C)C)NCC2CCCCC2)CC1.I. The first-order valence-corrected chi connectivity index (χ1v) is 12.4. The molecular formula is C24H48IN5O2. The molecule has 1 heterocycles. The molecule has 1 aliphatic carbocycles. The summed E-state index contributed by atoms with van der Waals surface area (Å²) in [6, 6.07) is 0. The second-order valence-electron chi connectivity index (χ2n) is 9.68. The van der Waals surface area contributed by atoms with Crippen molar-refractivity contribution in [2.24, 2.45) is 16.8 Å². The van der Waals surface area contributed by atoms with Crippen molar-refractivity contribution in [2.45, 2.75) is 57.8 Å². The summed E-state index contributed by atoms with van der Waals surface area (Å²) >= 11 is 0. The number of likely N-dealkylation sites (N-methyl/N-ethyl adjacent to an activating group) is 2. The second-order valence-corrected chi connectivity index (χ2v) is 9.68. The number of likely N-dealkylation sites (tertiary alicyclic amines) is 1. The van der Waals surface area contributed by atoms with Gasteiger partial charge in [0.05, 0.1) is 6.61 Å². The summed E-state index contributed by atoms with van der Waals surface area (Å²) in [5, 5.41) is 3.63. The summed E-state index contributed by atoms with van der Waals surface area (Å²) in [4.78, 5) is 23.2. The normalized spacial score (nSPS) is 18.5. The predicted octanol–water partition coefficient (Wildman–Crippen LogP) is 3.29. The van der Waals surface area contributed by atoms with Gasteiger partial charge in [0.1, 0.15) is 6.54 Å². The number of rotatable bonds is 11. The molecule has 0 unspecified atom stereocenters. The van der Waals surface area contributed by atoms with Gasteiger partial charge in [-0.05, 0) is 64.0 Å². The van der Waals surface area contributed by atoms with Crippen molar-refractivity contribution in [3.63, 3.8) is 0 Å². The van der Waals surface area contributed by atoms with Crippen molar-refractivity contribution < 1.29 is 9.53 Å². The van der Waals surface area contributed by atoms with E-state index in [-0.39, 0.29) is 36.4 Å². The van der Waals surface area contributed by atoms with Crippen LogP contribution < -0.4 is 5.32 Å². The minimum absolute atomic E-state index is 0. The Balaban J connectivity index is 0.00000512. The van der Waals surface area contributed by atoms with E-state index in [1.165, 1.54) is 57.8 Å². The van der Waals surface area contributed by atoms with E-state index in [0.717, 1.165) is 57.1 Å². The van der Waals surface area contributed by atoms with Crippen LogP contribution in [0, 0.1) is 11.8 Å². The monoisotopic (exact) mass is 565 g/mol. The summed E-state index contributed by atoms with van der Waals surface area (Å²) in [6.45, 7) is 6.25. The van der Waals surface area contributed by atoms with Crippen LogP contribution in [0.15, 0.2) is 4.99 Å². The third kappa shape index (κ3) is 11.5. The zero-order chi connectivity index (χ0) is 22.5. The van der Waals surface area contributed by atoms with Crippen molar-refractivity contribution in [2.75, 3.05) is 74.1 Å². The summed E-state index contributed by atoms with van der Waals surface area (Å²) in [5.74, 6) is 2.55. The molecule has 0 aromatic carbocycles. The van der Waals surface area contributed by atoms with Crippen LogP contribution in [0.4, 0.5) is 0 Å². The maximum absolute atomic E-state index is 12.1. The molecule has 0 atom stereocenters. The third-order valence-corrected chi connectivity index (χ3v) is 6.88. The molecule has 1 saturated heterocycles. The average Bonchev–Trinajstić information content (AvgIpc) is 2.78. The number of carbonyl (C=O) groups is 1. The quantitative estimate of drug-likeness (QED) is 0.237. The first-order valence-electron chi connectivity index (χ1n) is 12.4. The molecule has 1 N–H and O–H groups in total. The van der Waals surface area contributed by atoms with Crippen LogP contribution in [0.3, 0.4) is 0 Å². The number of amides is 1. The number of nitrogens with one attached hydrogen (secondary N) is 1. The van der Waals surface area contributed by atoms with E-state index in [4.69, 9.17) is 9.73 Å². The number of nitrogens with zero attached hydrogens (tertiary/aromatic N) is 4. The molecule has 32 heavy (non-hydrogen) atoms. The lowest BCUT2D eigenvalue weighted by molar-refractivity contribution is -0.127. The van der Waals surface area contributed by atoms with Gasteiger partial charge < -0.3 is 24.8 Å². The van der Waals surface area contributed by atoms with E-state index in [0.29, 0.717) is 0 Å². The molecule has 1 amide bonds. The van der Waals surface area contributed by atoms with Gasteiger partial charge in [-0.15, -0.1) is 24.0 Å². The molecule has 0 aromatic heterocycles. The van der Waals surface area contributed by atoms with Gasteiger partial charge in [-0.2, -0.15) is 0 Å². The highest BCUT2D eigenvalue weighted by Crippen LogP contribution is 2.24. The topological polar surface area (TPSA) is 60.4 Å². The minimum Gasteiger partial charge on any atom is -0.383 e. The summed E-state index contributed by atoms with van der Waals surface area (Å²) in [6.07, 6.45) is 11.7. The van der Waals surface area contributed by atoms with Crippen LogP contribution in [0.25, 0.3) is 0 Å². The van der Waals surface area contributed by atoms with E-state index < -0.39 is 0 Å². The van der Waals surface area contributed by atoms with E-state index in [9.17, 15) is 4.79 Å². The number of guanidine groups is 1. The number of piperidine rings is 1. The third-order valence-electron chi connectivity index (χ3n) is 6.88. The Morgan fingerprint density at radius 1 is 1.03 bits per heavy atom. The average molecular weight is 566 g/mol. The lowest BCUT2D eigenvalue weighted by Crippen LogP contribution is -2.47. The lowest BCUT2D eigenvalue weighted by atomic mass is 9.89. The van der Waals surface area contributed by atoms with Gasteiger partial charge in [-0.3, -0.25) is 4.79 Å². The fourth-order valence-corrected chi connectivity index (χ4v) is 4.62. The lowest BCUT2D eigenvalue weighted by Gasteiger charge is -2.35. The Kier molecular flexibility index (Phi) is 15.6. The maximum atomic E-state index is 12.1. The molecular weight excluding hydrogens is 517 g/mol. The zero-order valence-corrected chi connectivity index (χ0v) is 23.3. The van der Waals surface area contributed by atoms with Crippen molar-refractivity contribution >= 4 is 35.8 Å². The molecule has 0 spiro atoms. The first-order chi connectivity index (χ1) is 15.0. The molecule has 7 nitrogen and oxygen atoms in total. The highest BCUT2D eigenvalue weighted by Gasteiger charge is 2.23. The Morgan fingerprint density at radius 3 is 2.34 bits per heavy atom. The number of carbonyl (C=O) groups excluding carboxylic acids is 1. The van der Waals surface area contributed by atoms with Gasteiger partial charge in [0.25, 0.3) is 0 Å². The van der Waals surface area contributed by atoms with Gasteiger partial charge in [-0.1, -0.05) is 19.3 Å². The molecule has 8 heteroatoms. The summed E-state index contributed by atoms with van der Waals surface area (Å²) in [7, 11) is 7.54. The van der Waals surface area contributed by atoms with Crippen molar-refractivity contribution in [1.29, 1.82) is 0 Å². The van der Waals surface area contributed by atoms with Crippen LogP contribution >= 0.6 is 24.0 Å². The smallest absolute Gasteiger partial charge is 0.243 e. The highest BCUT2D eigenvalue weighted by atomic mass is 127. The summed E-state index contributed by atoms with van der Waals surface area (Å²) in [5.41, 5.74) is 0. The van der Waals surface area contributed by atoms with E-state index in [1.54, 1.807) is 26.1 Å². The minimum atomic E-state index is 0. The van der Waals surface area contributed by atoms with Gasteiger partial charge in [0, 0.05) is 47.4 Å². The fourth-order valence-electron chi connectivity index (χ4n) is 4.62. The number of hydrogen-bond acceptors (Lipinski definition) is 4. The molecule has 2 rings (SSSR count). The molecule has 0 bridgehead atoms. The highest BCUT2D eigenvalue weighted by molar-refractivity contribution is 14.0. The first kappa shape index (κ1) is 29.4. The molecule has 2 fully saturated rings. The molecule has 1 saturated carbocycles. The molecule has 0 radical (unpaired) electrons. The number of aliphatic imine (C=N–C) groups is 1. The Bertz CT molecular complexity index is 532. The van der Waals surface area contributed by atoms with Gasteiger partial charge in [0.15, 0.2) is 5.96 Å². The molecule has 2 aliphatic rings. The summed E-state index contributed by atoms with van der Waals surface area (Å²) < 4.78 is 5.16. The van der Waals surface area contributed by atoms with Crippen molar-refractivity contribution in [3.8, 4) is 0 Å². The van der Waals surface area contributed by atoms with E-state index >= 15 is 0 Å². The van der Waals surface area contributed by atoms with Crippen LogP contribution in [0.1, 0.15) is 57.8 Å². The Hall–Kier alpha value is -0.610. The fraction of sp³-hybridized carbons (Fsp3) is 0.917. The van der Waals surface area contributed by atoms with E-state index in [2.05, 4.69) is 22.2 Å². The van der Waals surface area contributed by atoms with Gasteiger partial charge in [-0.25, -0.2) is 4.99 Å². The molecule has 188 valence electrons. The Labute approximate surface area is 213 Å². The standard InChI is InChI=1S/C24H47N5O2.HI/c1-27(2)23(30)20-26-24(25-19-22-9-6-5-7-10-22)29-15-12-21(13-16-29)11-8-14-28(3)17-18-31-4;/h21-22H,5-20H2,1-4H3,(H,25,26);1H. The van der Waals surface area contributed by atoms with Crippen molar-refractivity contribution in [1.82, 2.24) is 20.0 Å². The van der Waals surface area contributed by atoms with E-state index in [1.807, 2.05) is 0 Å². The van der Waals surface area contributed by atoms with Crippen LogP contribution in [0.5, 0.6) is 0 Å². The second kappa shape index (κ2) is 16.9. The number of hydrogen-bond donors (Lipinski definition) is 1. The molecule has 0 aromatic rings. The number of methoxy groups -OCH3 is 1. The van der Waals surface area contributed by atoms with Crippen molar-refractivity contribution in [3.05, 3.63) is 0 Å². The predicted molar refractivity (Wildman–Crippen MR) is 144 cm³/mol. The van der Waals surface area contributed by atoms with Crippen LogP contribution in [-0.4, -0.2) is 101 Å². The number of halogens is 1. The van der Waals surface area contributed by atoms with Crippen LogP contribution in [0.2, 0.25) is 0 Å². The van der Waals surface area contributed by atoms with Gasteiger partial charge in [0.2, 0.25) is 5.91 Å². The van der Waals surface area contributed by atoms with Gasteiger partial charge >= 0.3 is 0 Å². The molecule has 1 aliphatic heterocycles.